The Morgan fingerprint density at radius 1 is 1.40 bits per heavy atom. The molecule has 1 rings (SSSR count). The molecule has 0 spiro atoms. The lowest BCUT2D eigenvalue weighted by Crippen LogP contribution is -1.79. The lowest BCUT2D eigenvalue weighted by atomic mass is 10.1. The van der Waals surface area contributed by atoms with E-state index in [0.29, 0.717) is 0 Å². The van der Waals surface area contributed by atoms with Crippen LogP contribution in [0.4, 0.5) is 0 Å². The van der Waals surface area contributed by atoms with Crippen LogP contribution < -0.4 is 0 Å². The fourth-order valence-corrected chi connectivity index (χ4v) is 0.787. The molecule has 1 aromatic rings. The van der Waals surface area contributed by atoms with E-state index in [2.05, 4.69) is 6.07 Å². The van der Waals surface area contributed by atoms with Crippen molar-refractivity contribution in [3.05, 3.63) is 23.8 Å². The quantitative estimate of drug-likeness (QED) is 0.615. The highest BCUT2D eigenvalue weighted by molar-refractivity contribution is 5.37. The van der Waals surface area contributed by atoms with E-state index in [0.717, 1.165) is 12.0 Å². The molecule has 1 aromatic carbocycles. The first-order chi connectivity index (χ1) is 4.74. The molecule has 1 radical (unpaired) electrons. The second-order valence-electron chi connectivity index (χ2n) is 2.07. The van der Waals surface area contributed by atoms with Crippen molar-refractivity contribution in [3.8, 4) is 11.5 Å². The predicted molar refractivity (Wildman–Crippen MR) is 38.0 cm³/mol. The molecule has 0 heterocycles. The third-order valence-electron chi connectivity index (χ3n) is 1.37. The lowest BCUT2D eigenvalue weighted by molar-refractivity contribution is 0.444. The number of hydrogen-bond donors (Lipinski definition) is 2. The highest BCUT2D eigenvalue weighted by Gasteiger charge is 1.98. The van der Waals surface area contributed by atoms with Crippen molar-refractivity contribution < 1.29 is 10.2 Å². The van der Waals surface area contributed by atoms with E-state index in [1.54, 1.807) is 6.07 Å². The molecule has 2 nitrogen and oxygen atoms in total. The first kappa shape index (κ1) is 6.93. The van der Waals surface area contributed by atoms with Crippen LogP contribution >= 0.6 is 0 Å². The van der Waals surface area contributed by atoms with Crippen molar-refractivity contribution in [1.29, 1.82) is 0 Å². The molecule has 0 atom stereocenters. The Morgan fingerprint density at radius 3 is 2.60 bits per heavy atom. The molecule has 10 heavy (non-hydrogen) atoms. The molecule has 0 aliphatic rings. The van der Waals surface area contributed by atoms with E-state index in [1.165, 1.54) is 6.07 Å². The van der Waals surface area contributed by atoms with E-state index in [1.807, 2.05) is 6.92 Å². The van der Waals surface area contributed by atoms with Crippen molar-refractivity contribution in [2.75, 3.05) is 0 Å². The smallest absolute Gasteiger partial charge is 0.130 e. The summed E-state index contributed by atoms with van der Waals surface area (Å²) in [6, 6.07) is 5.59. The average molecular weight is 137 g/mol. The average Bonchev–Trinajstić information content (AvgIpc) is 1.88. The number of phenolic OH excluding ortho intramolecular Hbond substituents is 2. The van der Waals surface area contributed by atoms with Crippen molar-refractivity contribution in [2.45, 2.75) is 13.3 Å². The molecule has 0 amide bonds. The minimum absolute atomic E-state index is 0.0188. The number of hydrogen-bond acceptors (Lipinski definition) is 2. The molecule has 0 aromatic heterocycles. The molecule has 2 heteroatoms. The summed E-state index contributed by atoms with van der Waals surface area (Å²) in [5.74, 6) is 0.0252. The minimum Gasteiger partial charge on any atom is -0.507 e. The molecule has 53 valence electrons. The zero-order valence-electron chi connectivity index (χ0n) is 5.76. The van der Waals surface area contributed by atoms with Gasteiger partial charge < -0.3 is 10.2 Å². The van der Waals surface area contributed by atoms with Gasteiger partial charge >= 0.3 is 0 Å². The summed E-state index contributed by atoms with van der Waals surface area (Å²) < 4.78 is 0. The van der Waals surface area contributed by atoms with Crippen LogP contribution in [0.5, 0.6) is 11.5 Å². The Bertz CT molecular complexity index is 231. The summed E-state index contributed by atoms with van der Waals surface area (Å²) in [4.78, 5) is 0. The van der Waals surface area contributed by atoms with Gasteiger partial charge in [-0.05, 0) is 18.1 Å². The van der Waals surface area contributed by atoms with Crippen LogP contribution in [0.25, 0.3) is 0 Å². The Kier molecular flexibility index (Phi) is 1.81. The molecule has 0 fully saturated rings. The largest absolute Gasteiger partial charge is 0.507 e. The SMILES string of the molecule is CCc1ccc(O)[c]c1O. The molecular formula is C8H9O2. The van der Waals surface area contributed by atoms with Crippen molar-refractivity contribution in [2.24, 2.45) is 0 Å². The van der Waals surface area contributed by atoms with Crippen LogP contribution in [0.15, 0.2) is 12.1 Å². The van der Waals surface area contributed by atoms with E-state index < -0.39 is 0 Å². The number of phenols is 2. The fourth-order valence-electron chi connectivity index (χ4n) is 0.787. The van der Waals surface area contributed by atoms with Gasteiger partial charge in [0.15, 0.2) is 0 Å². The Morgan fingerprint density at radius 2 is 2.10 bits per heavy atom. The van der Waals surface area contributed by atoms with E-state index >= 15 is 0 Å². The van der Waals surface area contributed by atoms with Gasteiger partial charge in [-0.2, -0.15) is 0 Å². The maximum absolute atomic E-state index is 9.08. The number of aromatic hydroxyl groups is 2. The second kappa shape index (κ2) is 2.60. The van der Waals surface area contributed by atoms with E-state index in [4.69, 9.17) is 10.2 Å². The van der Waals surface area contributed by atoms with Crippen LogP contribution in [0.2, 0.25) is 0 Å². The standard InChI is InChI=1S/C8H9O2/c1-2-6-3-4-7(9)5-8(6)10/h3-4,9-10H,2H2,1H3. The molecular weight excluding hydrogens is 128 g/mol. The highest BCUT2D eigenvalue weighted by atomic mass is 16.3. The highest BCUT2D eigenvalue weighted by Crippen LogP contribution is 2.21. The first-order valence-corrected chi connectivity index (χ1v) is 3.17. The van der Waals surface area contributed by atoms with Gasteiger partial charge in [0.05, 0.1) is 6.07 Å². The number of rotatable bonds is 1. The topological polar surface area (TPSA) is 40.5 Å². The minimum atomic E-state index is -0.0188. The maximum atomic E-state index is 9.08. The van der Waals surface area contributed by atoms with Gasteiger partial charge in [-0.3, -0.25) is 0 Å². The Balaban J connectivity index is 3.07. The first-order valence-electron chi connectivity index (χ1n) is 3.17. The van der Waals surface area contributed by atoms with Gasteiger partial charge in [-0.15, -0.1) is 0 Å². The second-order valence-corrected chi connectivity index (χ2v) is 2.07. The Hall–Kier alpha value is -1.18. The lowest BCUT2D eigenvalue weighted by Gasteiger charge is -1.99. The summed E-state index contributed by atoms with van der Waals surface area (Å²) in [6.07, 6.45) is 0.753. The molecule has 0 unspecified atom stereocenters. The molecule has 0 aliphatic carbocycles. The zero-order valence-corrected chi connectivity index (χ0v) is 5.76. The third-order valence-corrected chi connectivity index (χ3v) is 1.37. The predicted octanol–water partition coefficient (Wildman–Crippen LogP) is 1.46. The van der Waals surface area contributed by atoms with Gasteiger partial charge in [0.25, 0.3) is 0 Å². The summed E-state index contributed by atoms with van der Waals surface area (Å²) in [7, 11) is 0. The normalized spacial score (nSPS) is 9.70. The monoisotopic (exact) mass is 137 g/mol. The van der Waals surface area contributed by atoms with Crippen molar-refractivity contribution in [1.82, 2.24) is 0 Å². The van der Waals surface area contributed by atoms with E-state index in [-0.39, 0.29) is 11.5 Å². The van der Waals surface area contributed by atoms with Gasteiger partial charge in [0.2, 0.25) is 0 Å². The third kappa shape index (κ3) is 1.21. The van der Waals surface area contributed by atoms with Crippen LogP contribution in [0.3, 0.4) is 0 Å². The van der Waals surface area contributed by atoms with Crippen LogP contribution in [-0.2, 0) is 6.42 Å². The van der Waals surface area contributed by atoms with Crippen LogP contribution in [0, 0.1) is 6.07 Å². The van der Waals surface area contributed by atoms with Crippen LogP contribution in [0.1, 0.15) is 12.5 Å². The molecule has 2 N–H and O–H groups in total. The molecule has 0 bridgehead atoms. The zero-order chi connectivity index (χ0) is 7.56. The summed E-state index contributed by atoms with van der Waals surface area (Å²) in [5.41, 5.74) is 0.804. The summed E-state index contributed by atoms with van der Waals surface area (Å²) >= 11 is 0. The van der Waals surface area contributed by atoms with Gasteiger partial charge in [-0.25, -0.2) is 0 Å². The van der Waals surface area contributed by atoms with Crippen molar-refractivity contribution in [3.63, 3.8) is 0 Å². The molecule has 0 aliphatic heterocycles. The van der Waals surface area contributed by atoms with Crippen molar-refractivity contribution >= 4 is 0 Å². The van der Waals surface area contributed by atoms with Gasteiger partial charge in [-0.1, -0.05) is 13.0 Å². The maximum Gasteiger partial charge on any atom is 0.130 e. The van der Waals surface area contributed by atoms with Crippen LogP contribution in [-0.4, -0.2) is 10.2 Å². The Labute approximate surface area is 59.7 Å². The molecule has 0 saturated heterocycles. The van der Waals surface area contributed by atoms with Gasteiger partial charge in [0.1, 0.15) is 11.5 Å². The fraction of sp³-hybridized carbons (Fsp3) is 0.250. The number of aryl methyl sites for hydroxylation is 1. The summed E-state index contributed by atoms with van der Waals surface area (Å²) in [6.45, 7) is 1.93. The molecule has 0 saturated carbocycles. The van der Waals surface area contributed by atoms with E-state index in [9.17, 15) is 0 Å². The number of benzene rings is 1. The van der Waals surface area contributed by atoms with Gasteiger partial charge in [0, 0.05) is 0 Å². The summed E-state index contributed by atoms with van der Waals surface area (Å²) in [5, 5.41) is 17.9.